The summed E-state index contributed by atoms with van der Waals surface area (Å²) in [6.07, 6.45) is 1.47. The maximum absolute atomic E-state index is 12.6. The third-order valence-electron chi connectivity index (χ3n) is 4.58. The lowest BCUT2D eigenvalue weighted by molar-refractivity contribution is -0.128. The zero-order valence-electron chi connectivity index (χ0n) is 15.3. The predicted octanol–water partition coefficient (Wildman–Crippen LogP) is 2.81. The number of aromatic nitrogens is 3. The van der Waals surface area contributed by atoms with Crippen molar-refractivity contribution in [2.45, 2.75) is 59.2 Å². The fourth-order valence-corrected chi connectivity index (χ4v) is 3.08. The highest BCUT2D eigenvalue weighted by molar-refractivity contribution is 5.81. The Kier molecular flexibility index (Phi) is 5.06. The van der Waals surface area contributed by atoms with Crippen molar-refractivity contribution < 1.29 is 9.53 Å². The van der Waals surface area contributed by atoms with E-state index < -0.39 is 6.10 Å². The fraction of sp³-hybridized carbons (Fsp3) is 0.526. The number of carbonyl (C=O) groups is 1. The first-order chi connectivity index (χ1) is 12.0. The third kappa shape index (κ3) is 3.83. The molecule has 0 unspecified atom stereocenters. The van der Waals surface area contributed by atoms with Crippen molar-refractivity contribution in [1.82, 2.24) is 20.1 Å². The van der Waals surface area contributed by atoms with E-state index in [1.165, 1.54) is 0 Å². The maximum Gasteiger partial charge on any atom is 0.261 e. The van der Waals surface area contributed by atoms with E-state index in [1.54, 1.807) is 6.92 Å². The molecular weight excluding hydrogens is 316 g/mol. The molecule has 0 saturated carbocycles. The largest absolute Gasteiger partial charge is 0.481 e. The highest BCUT2D eigenvalue weighted by atomic mass is 16.5. The summed E-state index contributed by atoms with van der Waals surface area (Å²) >= 11 is 0. The topological polar surface area (TPSA) is 69.0 Å². The number of fused-ring (bicyclic) bond motifs is 1. The maximum atomic E-state index is 12.6. The summed E-state index contributed by atoms with van der Waals surface area (Å²) in [6, 6.07) is 7.53. The van der Waals surface area contributed by atoms with Crippen LogP contribution in [0.4, 0.5) is 0 Å². The van der Waals surface area contributed by atoms with E-state index in [-0.39, 0.29) is 17.9 Å². The summed E-state index contributed by atoms with van der Waals surface area (Å²) in [5, 5.41) is 11.7. The van der Waals surface area contributed by atoms with Gasteiger partial charge in [-0.25, -0.2) is 0 Å². The summed E-state index contributed by atoms with van der Waals surface area (Å²) in [5.74, 6) is 2.62. The molecule has 0 spiro atoms. The Bertz CT molecular complexity index is 736. The minimum atomic E-state index is -0.579. The lowest BCUT2D eigenvalue weighted by Crippen LogP contribution is -2.41. The molecule has 2 atom stereocenters. The fourth-order valence-electron chi connectivity index (χ4n) is 3.08. The molecule has 6 heteroatoms. The number of benzene rings is 1. The van der Waals surface area contributed by atoms with Gasteiger partial charge in [-0.05, 0) is 38.3 Å². The second-order valence-electron chi connectivity index (χ2n) is 7.03. The Hall–Kier alpha value is -2.37. The minimum absolute atomic E-state index is 0.144. The second-order valence-corrected chi connectivity index (χ2v) is 7.03. The van der Waals surface area contributed by atoms with E-state index in [1.807, 2.05) is 31.2 Å². The molecule has 1 aromatic carbocycles. The lowest BCUT2D eigenvalue weighted by atomic mass is 10.0. The molecule has 6 nitrogen and oxygen atoms in total. The number of hydrogen-bond donors (Lipinski definition) is 1. The van der Waals surface area contributed by atoms with Crippen molar-refractivity contribution in [3.63, 3.8) is 0 Å². The molecule has 0 aliphatic carbocycles. The van der Waals surface area contributed by atoms with Crippen molar-refractivity contribution >= 4 is 5.91 Å². The third-order valence-corrected chi connectivity index (χ3v) is 4.58. The number of rotatable bonds is 6. The SMILES string of the molecule is Cc1ccc(O[C@@H](C)C(=O)N[C@@H](c2nnc3n2CCC3)C(C)C)cc1. The quantitative estimate of drug-likeness (QED) is 0.876. The Morgan fingerprint density at radius 3 is 2.60 bits per heavy atom. The van der Waals surface area contributed by atoms with Gasteiger partial charge in [0.15, 0.2) is 11.9 Å². The van der Waals surface area contributed by atoms with E-state index in [9.17, 15) is 4.79 Å². The molecule has 1 aromatic heterocycles. The molecule has 0 bridgehead atoms. The summed E-state index contributed by atoms with van der Waals surface area (Å²) in [7, 11) is 0. The van der Waals surface area contributed by atoms with E-state index in [0.717, 1.165) is 36.6 Å². The summed E-state index contributed by atoms with van der Waals surface area (Å²) in [4.78, 5) is 12.6. The van der Waals surface area contributed by atoms with Gasteiger partial charge in [0.25, 0.3) is 5.91 Å². The van der Waals surface area contributed by atoms with E-state index in [0.29, 0.717) is 5.75 Å². The second kappa shape index (κ2) is 7.25. The molecule has 1 N–H and O–H groups in total. The van der Waals surface area contributed by atoms with Crippen LogP contribution in [-0.4, -0.2) is 26.8 Å². The smallest absolute Gasteiger partial charge is 0.261 e. The zero-order valence-corrected chi connectivity index (χ0v) is 15.3. The Labute approximate surface area is 148 Å². The van der Waals surface area contributed by atoms with Gasteiger partial charge in [0.1, 0.15) is 11.6 Å². The molecule has 0 saturated heterocycles. The van der Waals surface area contributed by atoms with Crippen LogP contribution < -0.4 is 10.1 Å². The number of nitrogens with zero attached hydrogens (tertiary/aromatic N) is 3. The molecule has 1 aliphatic heterocycles. The Morgan fingerprint density at radius 2 is 1.92 bits per heavy atom. The molecule has 25 heavy (non-hydrogen) atoms. The molecule has 0 fully saturated rings. The number of amides is 1. The van der Waals surface area contributed by atoms with Gasteiger partial charge in [0, 0.05) is 13.0 Å². The normalized spacial score (nSPS) is 15.7. The molecule has 2 heterocycles. The van der Waals surface area contributed by atoms with Crippen molar-refractivity contribution in [3.8, 4) is 5.75 Å². The number of ether oxygens (including phenoxy) is 1. The first-order valence-corrected chi connectivity index (χ1v) is 8.91. The highest BCUT2D eigenvalue weighted by Crippen LogP contribution is 2.25. The number of nitrogens with one attached hydrogen (secondary N) is 1. The predicted molar refractivity (Wildman–Crippen MR) is 95.3 cm³/mol. The Morgan fingerprint density at radius 1 is 1.20 bits per heavy atom. The first-order valence-electron chi connectivity index (χ1n) is 8.91. The van der Waals surface area contributed by atoms with Gasteiger partial charge in [0.05, 0.1) is 6.04 Å². The van der Waals surface area contributed by atoms with Crippen molar-refractivity contribution in [1.29, 1.82) is 0 Å². The van der Waals surface area contributed by atoms with Gasteiger partial charge in [-0.1, -0.05) is 31.5 Å². The van der Waals surface area contributed by atoms with Gasteiger partial charge in [-0.3, -0.25) is 4.79 Å². The summed E-state index contributed by atoms with van der Waals surface area (Å²) < 4.78 is 7.90. The van der Waals surface area contributed by atoms with E-state index in [4.69, 9.17) is 4.74 Å². The summed E-state index contributed by atoms with van der Waals surface area (Å²) in [5.41, 5.74) is 1.16. The lowest BCUT2D eigenvalue weighted by Gasteiger charge is -2.24. The average Bonchev–Trinajstić information content (AvgIpc) is 3.18. The average molecular weight is 342 g/mol. The zero-order chi connectivity index (χ0) is 18.0. The van der Waals surface area contributed by atoms with Crippen LogP contribution >= 0.6 is 0 Å². The standard InChI is InChI=1S/C19H26N4O2/c1-12(2)17(18-22-21-16-6-5-11-23(16)18)20-19(24)14(4)25-15-9-7-13(3)8-10-15/h7-10,12,14,17H,5-6,11H2,1-4H3,(H,20,24)/t14-,17+/m0/s1. The van der Waals surface area contributed by atoms with E-state index >= 15 is 0 Å². The van der Waals surface area contributed by atoms with Crippen LogP contribution in [-0.2, 0) is 17.8 Å². The number of hydrogen-bond acceptors (Lipinski definition) is 4. The van der Waals surface area contributed by atoms with Crippen molar-refractivity contribution in [2.75, 3.05) is 0 Å². The van der Waals surface area contributed by atoms with Gasteiger partial charge in [-0.2, -0.15) is 0 Å². The Balaban J connectivity index is 1.69. The van der Waals surface area contributed by atoms with E-state index in [2.05, 4.69) is 33.9 Å². The van der Waals surface area contributed by atoms with Gasteiger partial charge in [0.2, 0.25) is 0 Å². The first kappa shape index (κ1) is 17.5. The highest BCUT2D eigenvalue weighted by Gasteiger charge is 2.29. The van der Waals surface area contributed by atoms with Crippen LogP contribution in [0, 0.1) is 12.8 Å². The molecule has 3 rings (SSSR count). The summed E-state index contributed by atoms with van der Waals surface area (Å²) in [6.45, 7) is 8.86. The molecular formula is C19H26N4O2. The van der Waals surface area contributed by atoms with Crippen LogP contribution in [0.25, 0.3) is 0 Å². The van der Waals surface area contributed by atoms with Crippen LogP contribution in [0.2, 0.25) is 0 Å². The van der Waals surface area contributed by atoms with Crippen LogP contribution in [0.5, 0.6) is 5.75 Å². The van der Waals surface area contributed by atoms with Gasteiger partial charge in [-0.15, -0.1) is 10.2 Å². The van der Waals surface area contributed by atoms with Crippen molar-refractivity contribution in [2.24, 2.45) is 5.92 Å². The van der Waals surface area contributed by atoms with Gasteiger partial charge < -0.3 is 14.6 Å². The number of carbonyl (C=O) groups excluding carboxylic acids is 1. The van der Waals surface area contributed by atoms with Crippen LogP contribution in [0.15, 0.2) is 24.3 Å². The van der Waals surface area contributed by atoms with Crippen LogP contribution in [0.1, 0.15) is 50.4 Å². The van der Waals surface area contributed by atoms with Crippen LogP contribution in [0.3, 0.4) is 0 Å². The number of aryl methyl sites for hydroxylation is 2. The monoisotopic (exact) mass is 342 g/mol. The molecule has 2 aromatic rings. The molecule has 0 radical (unpaired) electrons. The molecule has 134 valence electrons. The van der Waals surface area contributed by atoms with Crippen molar-refractivity contribution in [3.05, 3.63) is 41.5 Å². The van der Waals surface area contributed by atoms with Gasteiger partial charge >= 0.3 is 0 Å². The minimum Gasteiger partial charge on any atom is -0.481 e. The molecule has 1 amide bonds. The molecule has 1 aliphatic rings.